The number of aromatic nitrogens is 4. The Morgan fingerprint density at radius 2 is 2.05 bits per heavy atom. The van der Waals surface area contributed by atoms with Gasteiger partial charge < -0.3 is 5.32 Å². The van der Waals surface area contributed by atoms with Crippen LogP contribution in [0.25, 0.3) is 5.69 Å². The zero-order valence-electron chi connectivity index (χ0n) is 11.5. The second-order valence-electron chi connectivity index (χ2n) is 4.48. The average Bonchev–Trinajstić information content (AvgIpc) is 3.09. The van der Waals surface area contributed by atoms with Crippen LogP contribution in [0.2, 0.25) is 0 Å². The van der Waals surface area contributed by atoms with Crippen molar-refractivity contribution >= 4 is 11.6 Å². The van der Waals surface area contributed by atoms with Crippen LogP contribution < -0.4 is 5.32 Å². The molecule has 0 saturated heterocycles. The predicted molar refractivity (Wildman–Crippen MR) is 81.5 cm³/mol. The Kier molecular flexibility index (Phi) is 3.62. The SMILES string of the molecule is C#Cc1cccc(NC(=O)c2cccc(-n3cnnn3)c2)c1. The van der Waals surface area contributed by atoms with Gasteiger partial charge in [-0.15, -0.1) is 11.5 Å². The van der Waals surface area contributed by atoms with E-state index in [1.165, 1.54) is 11.0 Å². The molecule has 0 saturated carbocycles. The minimum atomic E-state index is -0.232. The quantitative estimate of drug-likeness (QED) is 0.747. The zero-order valence-corrected chi connectivity index (χ0v) is 11.5. The van der Waals surface area contributed by atoms with Crippen molar-refractivity contribution in [2.45, 2.75) is 0 Å². The first-order valence-corrected chi connectivity index (χ1v) is 6.48. The maximum Gasteiger partial charge on any atom is 0.255 e. The van der Waals surface area contributed by atoms with Crippen LogP contribution in [0.4, 0.5) is 5.69 Å². The summed E-state index contributed by atoms with van der Waals surface area (Å²) in [5.74, 6) is 2.30. The predicted octanol–water partition coefficient (Wildman–Crippen LogP) is 1.90. The number of amides is 1. The van der Waals surface area contributed by atoms with Crippen LogP contribution in [0.5, 0.6) is 0 Å². The van der Waals surface area contributed by atoms with E-state index in [-0.39, 0.29) is 5.91 Å². The first-order valence-electron chi connectivity index (χ1n) is 6.48. The molecule has 0 fully saturated rings. The van der Waals surface area contributed by atoms with Crippen molar-refractivity contribution in [3.05, 3.63) is 66.0 Å². The highest BCUT2D eigenvalue weighted by atomic mass is 16.1. The number of carbonyl (C=O) groups is 1. The van der Waals surface area contributed by atoms with Gasteiger partial charge in [-0.3, -0.25) is 4.79 Å². The summed E-state index contributed by atoms with van der Waals surface area (Å²) < 4.78 is 1.48. The highest BCUT2D eigenvalue weighted by molar-refractivity contribution is 6.04. The van der Waals surface area contributed by atoms with E-state index in [1.807, 2.05) is 6.07 Å². The summed E-state index contributed by atoms with van der Waals surface area (Å²) in [6.07, 6.45) is 6.82. The fraction of sp³-hybridized carbons (Fsp3) is 0. The standard InChI is InChI=1S/C16H11N5O/c1-2-12-5-3-7-14(9-12)18-16(22)13-6-4-8-15(10-13)21-11-17-19-20-21/h1,3-11H,(H,18,22). The molecule has 0 unspecified atom stereocenters. The highest BCUT2D eigenvalue weighted by Gasteiger charge is 2.08. The van der Waals surface area contributed by atoms with Crippen LogP contribution in [0.3, 0.4) is 0 Å². The van der Waals surface area contributed by atoms with E-state index < -0.39 is 0 Å². The van der Waals surface area contributed by atoms with Crippen LogP contribution in [0, 0.1) is 12.3 Å². The molecule has 22 heavy (non-hydrogen) atoms. The summed E-state index contributed by atoms with van der Waals surface area (Å²) in [4.78, 5) is 12.3. The number of nitrogens with one attached hydrogen (secondary N) is 1. The molecule has 0 aliphatic rings. The lowest BCUT2D eigenvalue weighted by Gasteiger charge is -2.07. The van der Waals surface area contributed by atoms with Gasteiger partial charge in [0.05, 0.1) is 5.69 Å². The van der Waals surface area contributed by atoms with E-state index in [0.717, 1.165) is 0 Å². The second kappa shape index (κ2) is 5.89. The Balaban J connectivity index is 1.83. The average molecular weight is 289 g/mol. The summed E-state index contributed by atoms with van der Waals surface area (Å²) in [7, 11) is 0. The van der Waals surface area contributed by atoms with Crippen molar-refractivity contribution < 1.29 is 4.79 Å². The fourth-order valence-electron chi connectivity index (χ4n) is 1.96. The maximum absolute atomic E-state index is 12.3. The highest BCUT2D eigenvalue weighted by Crippen LogP contribution is 2.13. The smallest absolute Gasteiger partial charge is 0.255 e. The number of carbonyl (C=O) groups excluding carboxylic acids is 1. The lowest BCUT2D eigenvalue weighted by atomic mass is 10.1. The topological polar surface area (TPSA) is 72.7 Å². The molecule has 1 N–H and O–H groups in total. The van der Waals surface area contributed by atoms with Crippen LogP contribution in [0.1, 0.15) is 15.9 Å². The molecule has 6 nitrogen and oxygen atoms in total. The van der Waals surface area contributed by atoms with Crippen molar-refractivity contribution in [1.29, 1.82) is 0 Å². The minimum absolute atomic E-state index is 0.232. The Labute approximate surface area is 126 Å². The summed E-state index contributed by atoms with van der Waals surface area (Å²) in [5.41, 5.74) is 2.56. The number of hydrogen-bond acceptors (Lipinski definition) is 4. The first kappa shape index (κ1) is 13.5. The first-order chi connectivity index (χ1) is 10.8. The van der Waals surface area contributed by atoms with Gasteiger partial charge in [-0.2, -0.15) is 0 Å². The van der Waals surface area contributed by atoms with Gasteiger partial charge in [0.2, 0.25) is 0 Å². The number of tetrazole rings is 1. The molecule has 0 radical (unpaired) electrons. The van der Waals surface area contributed by atoms with E-state index in [0.29, 0.717) is 22.5 Å². The van der Waals surface area contributed by atoms with E-state index in [9.17, 15) is 4.79 Å². The number of rotatable bonds is 3. The summed E-state index contributed by atoms with van der Waals surface area (Å²) in [6, 6.07) is 14.1. The largest absolute Gasteiger partial charge is 0.322 e. The summed E-state index contributed by atoms with van der Waals surface area (Å²) in [5, 5.41) is 13.8. The van der Waals surface area contributed by atoms with E-state index in [1.54, 1.807) is 42.5 Å². The van der Waals surface area contributed by atoms with Crippen molar-refractivity contribution in [3.8, 4) is 18.0 Å². The number of terminal acetylenes is 1. The molecule has 0 atom stereocenters. The molecule has 1 amide bonds. The molecular formula is C16H11N5O. The molecule has 6 heteroatoms. The van der Waals surface area contributed by atoms with Crippen molar-refractivity contribution in [2.24, 2.45) is 0 Å². The number of benzene rings is 2. The van der Waals surface area contributed by atoms with Gasteiger partial charge in [-0.05, 0) is 46.8 Å². The molecule has 0 aliphatic heterocycles. The number of hydrogen-bond donors (Lipinski definition) is 1. The van der Waals surface area contributed by atoms with Crippen LogP contribution in [-0.4, -0.2) is 26.1 Å². The molecule has 3 aromatic rings. The number of nitrogens with zero attached hydrogens (tertiary/aromatic N) is 4. The lowest BCUT2D eigenvalue weighted by Crippen LogP contribution is -2.12. The van der Waals surface area contributed by atoms with Gasteiger partial charge in [-0.1, -0.05) is 18.1 Å². The molecule has 0 aliphatic carbocycles. The third-order valence-corrected chi connectivity index (χ3v) is 3.01. The van der Waals surface area contributed by atoms with E-state index in [2.05, 4.69) is 26.8 Å². The molecule has 1 aromatic heterocycles. The molecule has 0 bridgehead atoms. The van der Waals surface area contributed by atoms with Crippen molar-refractivity contribution in [2.75, 3.05) is 5.32 Å². The Morgan fingerprint density at radius 3 is 2.82 bits per heavy atom. The van der Waals surface area contributed by atoms with Crippen LogP contribution in [0.15, 0.2) is 54.9 Å². The Hall–Kier alpha value is -3.46. The van der Waals surface area contributed by atoms with Gasteiger partial charge in [0, 0.05) is 16.8 Å². The molecule has 0 spiro atoms. The monoisotopic (exact) mass is 289 g/mol. The van der Waals surface area contributed by atoms with Crippen LogP contribution >= 0.6 is 0 Å². The molecule has 106 valence electrons. The van der Waals surface area contributed by atoms with Gasteiger partial charge in [0.15, 0.2) is 0 Å². The third kappa shape index (κ3) is 2.83. The molecule has 2 aromatic carbocycles. The fourth-order valence-corrected chi connectivity index (χ4v) is 1.96. The Morgan fingerprint density at radius 1 is 1.18 bits per heavy atom. The van der Waals surface area contributed by atoms with Crippen LogP contribution in [-0.2, 0) is 0 Å². The second-order valence-corrected chi connectivity index (χ2v) is 4.48. The van der Waals surface area contributed by atoms with Gasteiger partial charge in [0.1, 0.15) is 6.33 Å². The molecule has 3 rings (SSSR count). The van der Waals surface area contributed by atoms with Gasteiger partial charge in [0.25, 0.3) is 5.91 Å². The molecular weight excluding hydrogens is 278 g/mol. The van der Waals surface area contributed by atoms with Crippen molar-refractivity contribution in [3.63, 3.8) is 0 Å². The number of anilines is 1. The third-order valence-electron chi connectivity index (χ3n) is 3.01. The maximum atomic E-state index is 12.3. The van der Waals surface area contributed by atoms with E-state index >= 15 is 0 Å². The van der Waals surface area contributed by atoms with Gasteiger partial charge in [-0.25, -0.2) is 4.68 Å². The summed E-state index contributed by atoms with van der Waals surface area (Å²) in [6.45, 7) is 0. The zero-order chi connectivity index (χ0) is 15.4. The Bertz CT molecular complexity index is 849. The molecule has 1 heterocycles. The summed E-state index contributed by atoms with van der Waals surface area (Å²) >= 11 is 0. The van der Waals surface area contributed by atoms with E-state index in [4.69, 9.17) is 6.42 Å². The normalized spacial score (nSPS) is 9.95. The van der Waals surface area contributed by atoms with Gasteiger partial charge >= 0.3 is 0 Å². The minimum Gasteiger partial charge on any atom is -0.322 e. The van der Waals surface area contributed by atoms with Crippen molar-refractivity contribution in [1.82, 2.24) is 20.2 Å². The lowest BCUT2D eigenvalue weighted by molar-refractivity contribution is 0.102.